The highest BCUT2D eigenvalue weighted by atomic mass is 32.1. The summed E-state index contributed by atoms with van der Waals surface area (Å²) >= 11 is 3.67. The summed E-state index contributed by atoms with van der Waals surface area (Å²) in [6.45, 7) is 5.19. The van der Waals surface area contributed by atoms with Crippen LogP contribution in [0, 0.1) is 6.92 Å². The first kappa shape index (κ1) is 14.6. The maximum atomic E-state index is 5.57. The van der Waals surface area contributed by atoms with Crippen LogP contribution in [0.15, 0.2) is 35.7 Å². The van der Waals surface area contributed by atoms with Gasteiger partial charge in [0.15, 0.2) is 0 Å². The molecule has 1 unspecified atom stereocenters. The molecule has 2 heterocycles. The van der Waals surface area contributed by atoms with Crippen LogP contribution in [-0.4, -0.2) is 13.7 Å². The standard InChI is InChI=1S/C17H19NOS2/c1-4-18-17(12-9-11(2)5-6-13(12)19-3)16-10-15-14(21-16)7-8-20-15/h5-10,17-18H,4H2,1-3H3. The van der Waals surface area contributed by atoms with Crippen LogP contribution in [0.3, 0.4) is 0 Å². The maximum Gasteiger partial charge on any atom is 0.124 e. The van der Waals surface area contributed by atoms with Crippen LogP contribution in [0.1, 0.15) is 29.0 Å². The molecular formula is C17H19NOS2. The average Bonchev–Trinajstić information content (AvgIpc) is 3.06. The Balaban J connectivity index is 2.09. The van der Waals surface area contributed by atoms with E-state index in [-0.39, 0.29) is 6.04 Å². The first-order valence-corrected chi connectivity index (χ1v) is 8.77. The van der Waals surface area contributed by atoms with Crippen molar-refractivity contribution in [2.45, 2.75) is 19.9 Å². The molecule has 4 heteroatoms. The zero-order chi connectivity index (χ0) is 14.8. The molecule has 0 spiro atoms. The Kier molecular flexibility index (Phi) is 4.29. The molecule has 110 valence electrons. The molecule has 0 aliphatic carbocycles. The van der Waals surface area contributed by atoms with Crippen molar-refractivity contribution in [2.24, 2.45) is 0 Å². The van der Waals surface area contributed by atoms with Crippen LogP contribution in [0.25, 0.3) is 9.40 Å². The number of rotatable bonds is 5. The Bertz CT molecular complexity index is 716. The maximum absolute atomic E-state index is 5.57. The summed E-state index contributed by atoms with van der Waals surface area (Å²) in [7, 11) is 1.74. The van der Waals surface area contributed by atoms with E-state index in [4.69, 9.17) is 4.74 Å². The highest BCUT2D eigenvalue weighted by Crippen LogP contribution is 2.38. The highest BCUT2D eigenvalue weighted by molar-refractivity contribution is 7.27. The fourth-order valence-corrected chi connectivity index (χ4v) is 4.79. The van der Waals surface area contributed by atoms with Gasteiger partial charge in [0.2, 0.25) is 0 Å². The fourth-order valence-electron chi connectivity index (χ4n) is 2.57. The van der Waals surface area contributed by atoms with E-state index in [1.54, 1.807) is 18.4 Å². The number of methoxy groups -OCH3 is 1. The van der Waals surface area contributed by atoms with Crippen molar-refractivity contribution in [3.8, 4) is 5.75 Å². The number of fused-ring (bicyclic) bond motifs is 1. The van der Waals surface area contributed by atoms with E-state index in [0.29, 0.717) is 0 Å². The molecule has 3 rings (SSSR count). The first-order chi connectivity index (χ1) is 10.2. The number of hydrogen-bond donors (Lipinski definition) is 1. The lowest BCUT2D eigenvalue weighted by molar-refractivity contribution is 0.404. The number of nitrogens with one attached hydrogen (secondary N) is 1. The van der Waals surface area contributed by atoms with Gasteiger partial charge < -0.3 is 10.1 Å². The second-order valence-corrected chi connectivity index (χ2v) is 7.10. The minimum absolute atomic E-state index is 0.189. The summed E-state index contributed by atoms with van der Waals surface area (Å²) in [5.41, 5.74) is 2.47. The Morgan fingerprint density at radius 2 is 2.05 bits per heavy atom. The van der Waals surface area contributed by atoms with Crippen molar-refractivity contribution in [3.05, 3.63) is 51.7 Å². The summed E-state index contributed by atoms with van der Waals surface area (Å²) in [6, 6.07) is 11.1. The predicted octanol–water partition coefficient (Wildman–Crippen LogP) is 4.98. The lowest BCUT2D eigenvalue weighted by atomic mass is 10.0. The third-order valence-electron chi connectivity index (χ3n) is 3.55. The van der Waals surface area contributed by atoms with Gasteiger partial charge >= 0.3 is 0 Å². The SMILES string of the molecule is CCNC(c1cc2sccc2s1)c1cc(C)ccc1OC. The minimum Gasteiger partial charge on any atom is -0.496 e. The van der Waals surface area contributed by atoms with Crippen molar-refractivity contribution in [1.82, 2.24) is 5.32 Å². The van der Waals surface area contributed by atoms with Crippen LogP contribution in [0.5, 0.6) is 5.75 Å². The summed E-state index contributed by atoms with van der Waals surface area (Å²) in [5.74, 6) is 0.948. The van der Waals surface area contributed by atoms with E-state index >= 15 is 0 Å². The summed E-state index contributed by atoms with van der Waals surface area (Å²) in [5, 5.41) is 5.76. The molecule has 0 aliphatic rings. The zero-order valence-corrected chi connectivity index (χ0v) is 14.1. The van der Waals surface area contributed by atoms with E-state index < -0.39 is 0 Å². The van der Waals surface area contributed by atoms with E-state index in [9.17, 15) is 0 Å². The molecule has 1 atom stereocenters. The Labute approximate surface area is 133 Å². The van der Waals surface area contributed by atoms with Gasteiger partial charge in [-0.2, -0.15) is 0 Å². The molecule has 21 heavy (non-hydrogen) atoms. The van der Waals surface area contributed by atoms with Crippen LogP contribution >= 0.6 is 22.7 Å². The Morgan fingerprint density at radius 1 is 1.19 bits per heavy atom. The summed E-state index contributed by atoms with van der Waals surface area (Å²) in [4.78, 5) is 1.35. The summed E-state index contributed by atoms with van der Waals surface area (Å²) < 4.78 is 8.30. The molecule has 0 fully saturated rings. The van der Waals surface area contributed by atoms with Crippen molar-refractivity contribution in [2.75, 3.05) is 13.7 Å². The number of ether oxygens (including phenoxy) is 1. The van der Waals surface area contributed by atoms with Crippen LogP contribution in [0.4, 0.5) is 0 Å². The number of aryl methyl sites for hydroxylation is 1. The number of thiophene rings is 2. The van der Waals surface area contributed by atoms with Crippen molar-refractivity contribution >= 4 is 32.1 Å². The predicted molar refractivity (Wildman–Crippen MR) is 93.0 cm³/mol. The first-order valence-electron chi connectivity index (χ1n) is 7.07. The quantitative estimate of drug-likeness (QED) is 0.716. The largest absolute Gasteiger partial charge is 0.496 e. The third kappa shape index (κ3) is 2.84. The van der Waals surface area contributed by atoms with E-state index in [2.05, 4.69) is 54.9 Å². The molecule has 3 aromatic rings. The average molecular weight is 317 g/mol. The van der Waals surface area contributed by atoms with Gasteiger partial charge in [-0.15, -0.1) is 22.7 Å². The van der Waals surface area contributed by atoms with Gasteiger partial charge in [-0.05, 0) is 37.0 Å². The third-order valence-corrected chi connectivity index (χ3v) is 5.71. The van der Waals surface area contributed by atoms with Crippen LogP contribution in [0.2, 0.25) is 0 Å². The molecule has 0 radical (unpaired) electrons. The van der Waals surface area contributed by atoms with E-state index in [1.807, 2.05) is 11.3 Å². The van der Waals surface area contributed by atoms with Crippen molar-refractivity contribution in [3.63, 3.8) is 0 Å². The second-order valence-electron chi connectivity index (χ2n) is 5.03. The molecule has 0 saturated heterocycles. The zero-order valence-electron chi connectivity index (χ0n) is 12.5. The molecule has 2 nitrogen and oxygen atoms in total. The number of hydrogen-bond acceptors (Lipinski definition) is 4. The van der Waals surface area contributed by atoms with Gasteiger partial charge in [0, 0.05) is 19.8 Å². The van der Waals surface area contributed by atoms with E-state index in [0.717, 1.165) is 12.3 Å². The lowest BCUT2D eigenvalue weighted by Crippen LogP contribution is -2.21. The molecule has 0 aliphatic heterocycles. The van der Waals surface area contributed by atoms with Crippen molar-refractivity contribution in [1.29, 1.82) is 0 Å². The lowest BCUT2D eigenvalue weighted by Gasteiger charge is -2.20. The normalized spacial score (nSPS) is 12.7. The smallest absolute Gasteiger partial charge is 0.124 e. The molecule has 1 aromatic carbocycles. The van der Waals surface area contributed by atoms with Gasteiger partial charge in [0.05, 0.1) is 13.2 Å². The summed E-state index contributed by atoms with van der Waals surface area (Å²) in [6.07, 6.45) is 0. The molecule has 2 aromatic heterocycles. The van der Waals surface area contributed by atoms with Crippen LogP contribution < -0.4 is 10.1 Å². The van der Waals surface area contributed by atoms with Gasteiger partial charge in [0.25, 0.3) is 0 Å². The Morgan fingerprint density at radius 3 is 2.76 bits per heavy atom. The highest BCUT2D eigenvalue weighted by Gasteiger charge is 2.20. The van der Waals surface area contributed by atoms with Gasteiger partial charge in [-0.25, -0.2) is 0 Å². The van der Waals surface area contributed by atoms with E-state index in [1.165, 1.54) is 25.4 Å². The topological polar surface area (TPSA) is 21.3 Å². The monoisotopic (exact) mass is 317 g/mol. The molecule has 0 bridgehead atoms. The van der Waals surface area contributed by atoms with Gasteiger partial charge in [0.1, 0.15) is 5.75 Å². The Hall–Kier alpha value is -1.36. The molecule has 0 saturated carbocycles. The number of benzene rings is 1. The van der Waals surface area contributed by atoms with Crippen LogP contribution in [-0.2, 0) is 0 Å². The molecule has 1 N–H and O–H groups in total. The minimum atomic E-state index is 0.189. The fraction of sp³-hybridized carbons (Fsp3) is 0.294. The molecule has 0 amide bonds. The molecular weight excluding hydrogens is 298 g/mol. The van der Waals surface area contributed by atoms with Gasteiger partial charge in [-0.1, -0.05) is 24.6 Å². The van der Waals surface area contributed by atoms with Gasteiger partial charge in [-0.3, -0.25) is 0 Å². The van der Waals surface area contributed by atoms with Crippen molar-refractivity contribution < 1.29 is 4.74 Å². The second kappa shape index (κ2) is 6.18.